The lowest BCUT2D eigenvalue weighted by Crippen LogP contribution is -2.27. The average molecular weight is 285 g/mol. The molecule has 21 heavy (non-hydrogen) atoms. The smallest absolute Gasteiger partial charge is 0.292 e. The van der Waals surface area contributed by atoms with Crippen LogP contribution in [0.1, 0.15) is 28.9 Å². The van der Waals surface area contributed by atoms with Gasteiger partial charge < -0.3 is 11.1 Å². The number of carbonyl (C=O) groups excluding carboxylic acids is 1. The maximum absolute atomic E-state index is 12.2. The molecule has 0 bridgehead atoms. The Balaban J connectivity index is 2.22. The normalized spacial score (nSPS) is 11.7. The van der Waals surface area contributed by atoms with Crippen molar-refractivity contribution < 1.29 is 9.72 Å². The number of nitro groups is 1. The molecule has 0 saturated heterocycles. The number of benzene rings is 2. The van der Waals surface area contributed by atoms with E-state index in [2.05, 4.69) is 5.32 Å². The Morgan fingerprint density at radius 3 is 2.48 bits per heavy atom. The van der Waals surface area contributed by atoms with E-state index in [9.17, 15) is 14.9 Å². The molecule has 1 unspecified atom stereocenters. The Morgan fingerprint density at radius 1 is 1.19 bits per heavy atom. The fraction of sp³-hybridized carbons (Fsp3) is 0.133. The minimum absolute atomic E-state index is 0.104. The monoisotopic (exact) mass is 285 g/mol. The molecule has 0 radical (unpaired) electrons. The van der Waals surface area contributed by atoms with Crippen molar-refractivity contribution in [3.8, 4) is 0 Å². The Bertz CT molecular complexity index is 671. The average Bonchev–Trinajstić information content (AvgIpc) is 2.47. The summed E-state index contributed by atoms with van der Waals surface area (Å²) in [5, 5.41) is 13.6. The van der Waals surface area contributed by atoms with Crippen molar-refractivity contribution in [2.24, 2.45) is 0 Å². The second-order valence-electron chi connectivity index (χ2n) is 4.60. The molecule has 1 atom stereocenters. The molecule has 0 aliphatic heterocycles. The fourth-order valence-corrected chi connectivity index (χ4v) is 2.01. The van der Waals surface area contributed by atoms with Gasteiger partial charge in [-0.05, 0) is 18.6 Å². The maximum atomic E-state index is 12.2. The third kappa shape index (κ3) is 3.17. The van der Waals surface area contributed by atoms with Crippen LogP contribution in [0.15, 0.2) is 48.5 Å². The van der Waals surface area contributed by atoms with E-state index in [0.29, 0.717) is 0 Å². The minimum Gasteiger partial charge on any atom is -0.393 e. The van der Waals surface area contributed by atoms with Crippen molar-refractivity contribution in [3.05, 3.63) is 69.8 Å². The molecule has 0 heterocycles. The highest BCUT2D eigenvalue weighted by atomic mass is 16.6. The topological polar surface area (TPSA) is 98.3 Å². The lowest BCUT2D eigenvalue weighted by atomic mass is 10.1. The van der Waals surface area contributed by atoms with Crippen LogP contribution in [-0.2, 0) is 0 Å². The molecular formula is C15H15N3O3. The maximum Gasteiger partial charge on any atom is 0.292 e. The molecule has 2 aromatic rings. The van der Waals surface area contributed by atoms with Crippen LogP contribution in [-0.4, -0.2) is 10.8 Å². The van der Waals surface area contributed by atoms with Crippen LogP contribution in [0.5, 0.6) is 0 Å². The van der Waals surface area contributed by atoms with E-state index in [0.717, 1.165) is 5.56 Å². The van der Waals surface area contributed by atoms with Gasteiger partial charge in [-0.1, -0.05) is 36.4 Å². The van der Waals surface area contributed by atoms with Gasteiger partial charge >= 0.3 is 0 Å². The number of carbonyl (C=O) groups is 1. The van der Waals surface area contributed by atoms with E-state index in [1.54, 1.807) is 0 Å². The number of para-hydroxylation sites is 1. The van der Waals surface area contributed by atoms with Crippen molar-refractivity contribution in [1.29, 1.82) is 0 Å². The summed E-state index contributed by atoms with van der Waals surface area (Å²) in [6.07, 6.45) is 0. The molecule has 108 valence electrons. The van der Waals surface area contributed by atoms with Crippen molar-refractivity contribution in [2.75, 3.05) is 5.73 Å². The molecule has 3 N–H and O–H groups in total. The third-order valence-electron chi connectivity index (χ3n) is 3.17. The second kappa shape index (κ2) is 6.04. The minimum atomic E-state index is -0.604. The molecule has 0 aliphatic carbocycles. The van der Waals surface area contributed by atoms with Crippen LogP contribution in [0.3, 0.4) is 0 Å². The van der Waals surface area contributed by atoms with Crippen molar-refractivity contribution in [2.45, 2.75) is 13.0 Å². The molecule has 1 amide bonds. The molecule has 0 aromatic heterocycles. The number of amides is 1. The summed E-state index contributed by atoms with van der Waals surface area (Å²) in [4.78, 5) is 22.4. The number of hydrogen-bond donors (Lipinski definition) is 2. The number of nitrogen functional groups attached to an aromatic ring is 1. The largest absolute Gasteiger partial charge is 0.393 e. The molecule has 0 spiro atoms. The predicted octanol–water partition coefficient (Wildman–Crippen LogP) is 2.67. The van der Waals surface area contributed by atoms with Gasteiger partial charge in [0.05, 0.1) is 16.5 Å². The fourth-order valence-electron chi connectivity index (χ4n) is 2.01. The number of rotatable bonds is 4. The van der Waals surface area contributed by atoms with Crippen LogP contribution < -0.4 is 11.1 Å². The Kier molecular flexibility index (Phi) is 4.18. The van der Waals surface area contributed by atoms with Gasteiger partial charge in [-0.2, -0.15) is 0 Å². The first-order chi connectivity index (χ1) is 10.0. The SMILES string of the molecule is CC(NC(=O)c1cccc([N+](=O)[O-])c1N)c1ccccc1. The number of nitrogens with zero attached hydrogens (tertiary/aromatic N) is 1. The molecule has 6 nitrogen and oxygen atoms in total. The van der Waals surface area contributed by atoms with E-state index in [1.807, 2.05) is 37.3 Å². The highest BCUT2D eigenvalue weighted by Crippen LogP contribution is 2.25. The summed E-state index contributed by atoms with van der Waals surface area (Å²) in [5.41, 5.74) is 6.35. The van der Waals surface area contributed by atoms with Crippen molar-refractivity contribution in [3.63, 3.8) is 0 Å². The summed E-state index contributed by atoms with van der Waals surface area (Å²) in [6, 6.07) is 13.4. The van der Waals surface area contributed by atoms with Gasteiger partial charge in [0, 0.05) is 6.07 Å². The lowest BCUT2D eigenvalue weighted by molar-refractivity contribution is -0.383. The van der Waals surface area contributed by atoms with Crippen LogP contribution in [0.4, 0.5) is 11.4 Å². The molecule has 0 fully saturated rings. The summed E-state index contributed by atoms with van der Waals surface area (Å²) < 4.78 is 0. The van der Waals surface area contributed by atoms with E-state index in [4.69, 9.17) is 5.73 Å². The molecule has 0 saturated carbocycles. The zero-order chi connectivity index (χ0) is 15.4. The number of nitro benzene ring substituents is 1. The number of hydrogen-bond acceptors (Lipinski definition) is 4. The summed E-state index contributed by atoms with van der Waals surface area (Å²) in [5.74, 6) is -0.437. The van der Waals surface area contributed by atoms with E-state index in [-0.39, 0.29) is 23.0 Å². The lowest BCUT2D eigenvalue weighted by Gasteiger charge is -2.15. The zero-order valence-corrected chi connectivity index (χ0v) is 11.4. The second-order valence-corrected chi connectivity index (χ2v) is 4.60. The van der Waals surface area contributed by atoms with Crippen LogP contribution in [0.2, 0.25) is 0 Å². The predicted molar refractivity (Wildman–Crippen MR) is 79.8 cm³/mol. The highest BCUT2D eigenvalue weighted by molar-refractivity contribution is 6.01. The Labute approximate surface area is 121 Å². The van der Waals surface area contributed by atoms with Gasteiger partial charge in [-0.25, -0.2) is 0 Å². The van der Waals surface area contributed by atoms with Crippen LogP contribution >= 0.6 is 0 Å². The summed E-state index contributed by atoms with van der Waals surface area (Å²) >= 11 is 0. The van der Waals surface area contributed by atoms with Crippen LogP contribution in [0, 0.1) is 10.1 Å². The first-order valence-electron chi connectivity index (χ1n) is 6.39. The van der Waals surface area contributed by atoms with Crippen molar-refractivity contribution >= 4 is 17.3 Å². The molecular weight excluding hydrogens is 270 g/mol. The standard InChI is InChI=1S/C15H15N3O3/c1-10(11-6-3-2-4-7-11)17-15(19)12-8-5-9-13(14(12)16)18(20)21/h2-10H,16H2,1H3,(H,17,19). The first-order valence-corrected chi connectivity index (χ1v) is 6.39. The molecule has 0 aliphatic rings. The van der Waals surface area contributed by atoms with Crippen molar-refractivity contribution in [1.82, 2.24) is 5.32 Å². The Hall–Kier alpha value is -2.89. The van der Waals surface area contributed by atoms with Gasteiger partial charge in [-0.3, -0.25) is 14.9 Å². The van der Waals surface area contributed by atoms with E-state index < -0.39 is 10.8 Å². The van der Waals surface area contributed by atoms with Gasteiger partial charge in [-0.15, -0.1) is 0 Å². The first kappa shape index (κ1) is 14.5. The number of nitrogens with two attached hydrogens (primary N) is 1. The third-order valence-corrected chi connectivity index (χ3v) is 3.17. The summed E-state index contributed by atoms with van der Waals surface area (Å²) in [6.45, 7) is 1.83. The molecule has 2 rings (SSSR count). The summed E-state index contributed by atoms with van der Waals surface area (Å²) in [7, 11) is 0. The number of anilines is 1. The Morgan fingerprint density at radius 2 is 1.86 bits per heavy atom. The van der Waals surface area contributed by atoms with Gasteiger partial charge in [0.1, 0.15) is 5.69 Å². The zero-order valence-electron chi connectivity index (χ0n) is 11.4. The number of nitrogens with one attached hydrogen (secondary N) is 1. The quantitative estimate of drug-likeness (QED) is 0.512. The molecule has 6 heteroatoms. The van der Waals surface area contributed by atoms with E-state index >= 15 is 0 Å². The van der Waals surface area contributed by atoms with E-state index in [1.165, 1.54) is 18.2 Å². The molecule has 2 aromatic carbocycles. The van der Waals surface area contributed by atoms with Gasteiger partial charge in [0.25, 0.3) is 11.6 Å². The van der Waals surface area contributed by atoms with Crippen LogP contribution in [0.25, 0.3) is 0 Å². The highest BCUT2D eigenvalue weighted by Gasteiger charge is 2.20. The van der Waals surface area contributed by atoms with Gasteiger partial charge in [0.2, 0.25) is 0 Å². The van der Waals surface area contributed by atoms with Gasteiger partial charge in [0.15, 0.2) is 0 Å².